The van der Waals surface area contributed by atoms with Gasteiger partial charge in [-0.3, -0.25) is 4.79 Å². The molecule has 2 heterocycles. The third-order valence-corrected chi connectivity index (χ3v) is 3.02. The zero-order chi connectivity index (χ0) is 13.1. The Bertz CT molecular complexity index is 447. The minimum Gasteiger partial charge on any atom is -0.475 e. The summed E-state index contributed by atoms with van der Waals surface area (Å²) < 4.78 is 5.24. The van der Waals surface area contributed by atoms with Gasteiger partial charge in [0.2, 0.25) is 11.7 Å². The highest BCUT2D eigenvalue weighted by atomic mass is 16.4. The maximum absolute atomic E-state index is 10.9. The number of carbonyl (C=O) groups excluding carboxylic acids is 1. The third kappa shape index (κ3) is 2.82. The summed E-state index contributed by atoms with van der Waals surface area (Å²) in [5.41, 5.74) is 0. The van der Waals surface area contributed by atoms with Crippen LogP contribution in [0.1, 0.15) is 30.3 Å². The van der Waals surface area contributed by atoms with Crippen molar-refractivity contribution < 1.29 is 19.1 Å². The molecule has 0 bridgehead atoms. The van der Waals surface area contributed by atoms with Crippen molar-refractivity contribution in [3.8, 4) is 0 Å². The molecule has 1 aromatic rings. The van der Waals surface area contributed by atoms with E-state index >= 15 is 0 Å². The molecule has 1 saturated heterocycles. The molecule has 18 heavy (non-hydrogen) atoms. The van der Waals surface area contributed by atoms with E-state index in [-0.39, 0.29) is 17.7 Å². The number of hydrogen-bond acceptors (Lipinski definition) is 4. The molecule has 6 heteroatoms. The lowest BCUT2D eigenvalue weighted by Crippen LogP contribution is -2.43. The van der Waals surface area contributed by atoms with Crippen LogP contribution in [0.5, 0.6) is 0 Å². The van der Waals surface area contributed by atoms with Gasteiger partial charge in [0, 0.05) is 32.1 Å². The Morgan fingerprint density at radius 1 is 1.39 bits per heavy atom. The molecule has 0 atom stereocenters. The lowest BCUT2D eigenvalue weighted by Gasteiger charge is -2.31. The van der Waals surface area contributed by atoms with Gasteiger partial charge in [-0.25, -0.2) is 4.79 Å². The molecule has 2 N–H and O–H groups in total. The summed E-state index contributed by atoms with van der Waals surface area (Å²) in [6.45, 7) is 3.01. The number of carboxylic acids is 1. The lowest BCUT2D eigenvalue weighted by atomic mass is 10.1. The molecular weight excluding hydrogens is 236 g/mol. The second-order valence-corrected chi connectivity index (χ2v) is 4.40. The number of anilines is 1. The maximum atomic E-state index is 10.9. The normalized spacial score (nSPS) is 16.6. The number of hydrogen-bond donors (Lipinski definition) is 2. The largest absolute Gasteiger partial charge is 0.475 e. The monoisotopic (exact) mass is 252 g/mol. The molecular formula is C12H16N2O4. The fourth-order valence-corrected chi connectivity index (χ4v) is 2.14. The van der Waals surface area contributed by atoms with Gasteiger partial charge in [-0.1, -0.05) is 0 Å². The van der Waals surface area contributed by atoms with Gasteiger partial charge in [-0.15, -0.1) is 0 Å². The van der Waals surface area contributed by atoms with Crippen molar-refractivity contribution in [3.05, 3.63) is 17.9 Å². The van der Waals surface area contributed by atoms with Crippen LogP contribution in [0.15, 0.2) is 16.5 Å². The average Bonchev–Trinajstić information content (AvgIpc) is 2.78. The molecule has 0 saturated carbocycles. The van der Waals surface area contributed by atoms with Crippen LogP contribution in [0, 0.1) is 0 Å². The van der Waals surface area contributed by atoms with Crippen LogP contribution in [0.25, 0.3) is 0 Å². The summed E-state index contributed by atoms with van der Waals surface area (Å²) in [6.07, 6.45) is 1.67. The highest BCUT2D eigenvalue weighted by Gasteiger charge is 2.22. The van der Waals surface area contributed by atoms with Crippen molar-refractivity contribution >= 4 is 17.8 Å². The van der Waals surface area contributed by atoms with Crippen molar-refractivity contribution in [1.82, 2.24) is 5.32 Å². The summed E-state index contributed by atoms with van der Waals surface area (Å²) in [5.74, 6) is -0.545. The number of nitrogens with one attached hydrogen (secondary N) is 1. The minimum absolute atomic E-state index is 0.0142. The molecule has 1 fully saturated rings. The van der Waals surface area contributed by atoms with Gasteiger partial charge in [0.25, 0.3) is 0 Å². The fraction of sp³-hybridized carbons (Fsp3) is 0.500. The van der Waals surface area contributed by atoms with E-state index in [1.54, 1.807) is 6.07 Å². The number of amides is 1. The topological polar surface area (TPSA) is 82.8 Å². The molecule has 1 aliphatic rings. The molecule has 6 nitrogen and oxygen atoms in total. The highest BCUT2D eigenvalue weighted by molar-refractivity contribution is 5.84. The molecule has 0 radical (unpaired) electrons. The first kappa shape index (κ1) is 12.5. The zero-order valence-corrected chi connectivity index (χ0v) is 10.2. The quantitative estimate of drug-likeness (QED) is 0.841. The molecule has 1 amide bonds. The van der Waals surface area contributed by atoms with Gasteiger partial charge in [-0.05, 0) is 18.9 Å². The second kappa shape index (κ2) is 5.12. The number of nitrogens with zero attached hydrogens (tertiary/aromatic N) is 1. The van der Waals surface area contributed by atoms with E-state index in [0.717, 1.165) is 25.9 Å². The number of aromatic carboxylic acids is 1. The molecule has 0 aromatic carbocycles. The summed E-state index contributed by atoms with van der Waals surface area (Å²) in [5, 5.41) is 11.7. The van der Waals surface area contributed by atoms with Crippen LogP contribution in [-0.2, 0) is 4.79 Å². The molecule has 0 unspecified atom stereocenters. The Kier molecular flexibility index (Phi) is 3.55. The van der Waals surface area contributed by atoms with Gasteiger partial charge in [0.1, 0.15) is 0 Å². The Morgan fingerprint density at radius 2 is 2.06 bits per heavy atom. The van der Waals surface area contributed by atoms with Gasteiger partial charge in [0.05, 0.1) is 0 Å². The average molecular weight is 252 g/mol. The number of carboxylic acid groups (broad SMARTS) is 1. The second-order valence-electron chi connectivity index (χ2n) is 4.40. The van der Waals surface area contributed by atoms with Crippen molar-refractivity contribution in [1.29, 1.82) is 0 Å². The van der Waals surface area contributed by atoms with E-state index in [1.165, 1.54) is 13.0 Å². The smallest absolute Gasteiger partial charge is 0.371 e. The van der Waals surface area contributed by atoms with E-state index < -0.39 is 5.97 Å². The minimum atomic E-state index is -1.06. The number of carbonyl (C=O) groups is 2. The predicted molar refractivity (Wildman–Crippen MR) is 64.7 cm³/mol. The van der Waals surface area contributed by atoms with Crippen molar-refractivity contribution in [2.24, 2.45) is 0 Å². The number of furan rings is 1. The molecule has 1 aromatic heterocycles. The number of rotatable bonds is 3. The lowest BCUT2D eigenvalue weighted by molar-refractivity contribution is -0.119. The van der Waals surface area contributed by atoms with Crippen LogP contribution >= 0.6 is 0 Å². The Balaban J connectivity index is 1.92. The molecule has 0 spiro atoms. The van der Waals surface area contributed by atoms with Crippen molar-refractivity contribution in [2.75, 3.05) is 18.0 Å². The number of piperidine rings is 1. The summed E-state index contributed by atoms with van der Waals surface area (Å²) in [7, 11) is 0. The Morgan fingerprint density at radius 3 is 2.56 bits per heavy atom. The molecule has 1 aliphatic heterocycles. The highest BCUT2D eigenvalue weighted by Crippen LogP contribution is 2.22. The van der Waals surface area contributed by atoms with E-state index in [0.29, 0.717) is 5.88 Å². The summed E-state index contributed by atoms with van der Waals surface area (Å²) >= 11 is 0. The molecule has 2 rings (SSSR count). The summed E-state index contributed by atoms with van der Waals surface area (Å²) in [6, 6.07) is 3.33. The standard InChI is InChI=1S/C12H16N2O4/c1-8(15)13-9-4-6-14(7-5-9)11-3-2-10(18-11)12(16)17/h2-3,9H,4-7H2,1H3,(H,13,15)(H,16,17). The van der Waals surface area contributed by atoms with Crippen molar-refractivity contribution in [2.45, 2.75) is 25.8 Å². The molecule has 98 valence electrons. The SMILES string of the molecule is CC(=O)NC1CCN(c2ccc(C(=O)O)o2)CC1. The van der Waals surface area contributed by atoms with Crippen LogP contribution in [-0.4, -0.2) is 36.1 Å². The van der Waals surface area contributed by atoms with Crippen LogP contribution in [0.2, 0.25) is 0 Å². The first-order valence-corrected chi connectivity index (χ1v) is 5.91. The van der Waals surface area contributed by atoms with Gasteiger partial charge < -0.3 is 19.7 Å². The predicted octanol–water partition coefficient (Wildman–Crippen LogP) is 1.08. The third-order valence-electron chi connectivity index (χ3n) is 3.02. The van der Waals surface area contributed by atoms with E-state index in [1.807, 2.05) is 4.90 Å². The van der Waals surface area contributed by atoms with Gasteiger partial charge >= 0.3 is 5.97 Å². The van der Waals surface area contributed by atoms with Gasteiger partial charge in [0.15, 0.2) is 5.88 Å². The Labute approximate surface area is 105 Å². The fourth-order valence-electron chi connectivity index (χ4n) is 2.14. The zero-order valence-electron chi connectivity index (χ0n) is 10.2. The first-order chi connectivity index (χ1) is 8.56. The van der Waals surface area contributed by atoms with E-state index in [9.17, 15) is 9.59 Å². The van der Waals surface area contributed by atoms with E-state index in [4.69, 9.17) is 9.52 Å². The van der Waals surface area contributed by atoms with Crippen LogP contribution in [0.4, 0.5) is 5.88 Å². The van der Waals surface area contributed by atoms with Crippen LogP contribution in [0.3, 0.4) is 0 Å². The van der Waals surface area contributed by atoms with Crippen LogP contribution < -0.4 is 10.2 Å². The maximum Gasteiger partial charge on any atom is 0.371 e. The van der Waals surface area contributed by atoms with Gasteiger partial charge in [-0.2, -0.15) is 0 Å². The van der Waals surface area contributed by atoms with E-state index in [2.05, 4.69) is 5.32 Å². The first-order valence-electron chi connectivity index (χ1n) is 5.91. The van der Waals surface area contributed by atoms with Crippen molar-refractivity contribution in [3.63, 3.8) is 0 Å². The summed E-state index contributed by atoms with van der Waals surface area (Å²) in [4.78, 5) is 23.6. The molecule has 0 aliphatic carbocycles. The Hall–Kier alpha value is -1.98.